The van der Waals surface area contributed by atoms with Crippen molar-refractivity contribution < 1.29 is 14.1 Å². The van der Waals surface area contributed by atoms with Crippen LogP contribution in [-0.2, 0) is 6.61 Å². The number of nitro groups is 1. The quantitative estimate of drug-likeness (QED) is 0.658. The number of hydrogen-bond acceptors (Lipinski definition) is 7. The Kier molecular flexibility index (Phi) is 3.83. The number of nitrogen functional groups attached to an aromatic ring is 1. The highest BCUT2D eigenvalue weighted by molar-refractivity contribution is 5.49. The molecule has 0 bridgehead atoms. The van der Waals surface area contributed by atoms with Crippen LogP contribution in [0.25, 0.3) is 0 Å². The fourth-order valence-corrected chi connectivity index (χ4v) is 1.62. The molecule has 0 aliphatic rings. The summed E-state index contributed by atoms with van der Waals surface area (Å²) in [5, 5.41) is 18.2. The van der Waals surface area contributed by atoms with Gasteiger partial charge >= 0.3 is 11.7 Å². The number of benzene rings is 1. The molecule has 2 aromatic rings. The maximum absolute atomic E-state index is 11.1. The first-order chi connectivity index (χ1) is 9.47. The predicted octanol–water partition coefficient (Wildman–Crippen LogP) is 2.26. The number of anilines is 1. The average Bonchev–Trinajstić information content (AvgIpc) is 2.81. The van der Waals surface area contributed by atoms with Gasteiger partial charge in [-0.05, 0) is 17.5 Å². The second kappa shape index (κ2) is 5.55. The summed E-state index contributed by atoms with van der Waals surface area (Å²) in [6, 6.07) is 4.78. The Morgan fingerprint density at radius 2 is 2.20 bits per heavy atom. The SMILES string of the molecule is CC(C)c1ccc(OCc2nnc(N)o2)c([N+](=O)[O-])c1. The van der Waals surface area contributed by atoms with E-state index in [-0.39, 0.29) is 35.9 Å². The smallest absolute Gasteiger partial charge is 0.312 e. The Morgan fingerprint density at radius 3 is 2.75 bits per heavy atom. The van der Waals surface area contributed by atoms with E-state index in [4.69, 9.17) is 14.9 Å². The van der Waals surface area contributed by atoms with Gasteiger partial charge in [-0.2, -0.15) is 0 Å². The number of nitrogens with zero attached hydrogens (tertiary/aromatic N) is 3. The van der Waals surface area contributed by atoms with Crippen LogP contribution in [-0.4, -0.2) is 15.1 Å². The zero-order valence-corrected chi connectivity index (χ0v) is 11.1. The summed E-state index contributed by atoms with van der Waals surface area (Å²) in [6.07, 6.45) is 0. The lowest BCUT2D eigenvalue weighted by Crippen LogP contribution is -2.01. The van der Waals surface area contributed by atoms with Crippen molar-refractivity contribution in [2.75, 3.05) is 5.73 Å². The summed E-state index contributed by atoms with van der Waals surface area (Å²) < 4.78 is 10.3. The van der Waals surface area contributed by atoms with Crippen LogP contribution >= 0.6 is 0 Å². The van der Waals surface area contributed by atoms with Gasteiger partial charge in [-0.3, -0.25) is 10.1 Å². The minimum Gasteiger partial charge on any atom is -0.477 e. The van der Waals surface area contributed by atoms with Gasteiger partial charge in [0.15, 0.2) is 12.4 Å². The number of aromatic nitrogens is 2. The van der Waals surface area contributed by atoms with Crippen LogP contribution in [0.4, 0.5) is 11.7 Å². The first kappa shape index (κ1) is 13.8. The highest BCUT2D eigenvalue weighted by Crippen LogP contribution is 2.31. The minimum atomic E-state index is -0.483. The van der Waals surface area contributed by atoms with Gasteiger partial charge in [0.1, 0.15) is 0 Å². The monoisotopic (exact) mass is 278 g/mol. The van der Waals surface area contributed by atoms with Crippen molar-refractivity contribution in [1.82, 2.24) is 10.2 Å². The molecule has 0 fully saturated rings. The third-order valence-electron chi connectivity index (χ3n) is 2.68. The molecule has 0 aliphatic carbocycles. The van der Waals surface area contributed by atoms with Gasteiger partial charge < -0.3 is 14.9 Å². The van der Waals surface area contributed by atoms with Gasteiger partial charge in [-0.1, -0.05) is 25.0 Å². The van der Waals surface area contributed by atoms with Crippen molar-refractivity contribution in [2.45, 2.75) is 26.4 Å². The molecule has 1 aromatic heterocycles. The molecule has 1 heterocycles. The third kappa shape index (κ3) is 3.02. The Labute approximate surface area is 114 Å². The highest BCUT2D eigenvalue weighted by Gasteiger charge is 2.18. The molecular formula is C12H14N4O4. The molecule has 0 aliphatic heterocycles. The van der Waals surface area contributed by atoms with Crippen molar-refractivity contribution in [1.29, 1.82) is 0 Å². The maximum atomic E-state index is 11.1. The number of ether oxygens (including phenoxy) is 1. The fourth-order valence-electron chi connectivity index (χ4n) is 1.62. The van der Waals surface area contributed by atoms with E-state index in [0.29, 0.717) is 0 Å². The Bertz CT molecular complexity index is 624. The van der Waals surface area contributed by atoms with Gasteiger partial charge in [-0.25, -0.2) is 0 Å². The van der Waals surface area contributed by atoms with E-state index in [2.05, 4.69) is 10.2 Å². The summed E-state index contributed by atoms with van der Waals surface area (Å²) in [6.45, 7) is 3.84. The Morgan fingerprint density at radius 1 is 1.45 bits per heavy atom. The summed E-state index contributed by atoms with van der Waals surface area (Å²) in [5.41, 5.74) is 6.05. The highest BCUT2D eigenvalue weighted by atomic mass is 16.6. The van der Waals surface area contributed by atoms with Crippen molar-refractivity contribution in [2.24, 2.45) is 0 Å². The molecule has 8 heteroatoms. The molecular weight excluding hydrogens is 264 g/mol. The fraction of sp³-hybridized carbons (Fsp3) is 0.333. The van der Waals surface area contributed by atoms with E-state index < -0.39 is 4.92 Å². The summed E-state index contributed by atoms with van der Waals surface area (Å²) in [7, 11) is 0. The van der Waals surface area contributed by atoms with Crippen molar-refractivity contribution in [3.63, 3.8) is 0 Å². The normalized spacial score (nSPS) is 10.8. The van der Waals surface area contributed by atoms with E-state index in [1.54, 1.807) is 12.1 Å². The number of rotatable bonds is 5. The molecule has 2 rings (SSSR count). The van der Waals surface area contributed by atoms with Crippen molar-refractivity contribution in [3.8, 4) is 5.75 Å². The van der Waals surface area contributed by atoms with Crippen LogP contribution in [0.1, 0.15) is 31.2 Å². The molecule has 0 radical (unpaired) electrons. The van der Waals surface area contributed by atoms with Crippen LogP contribution < -0.4 is 10.5 Å². The van der Waals surface area contributed by atoms with Gasteiger partial charge in [0.2, 0.25) is 0 Å². The topological polar surface area (TPSA) is 117 Å². The molecule has 1 aromatic carbocycles. The Balaban J connectivity index is 2.20. The molecule has 2 N–H and O–H groups in total. The Hall–Kier alpha value is -2.64. The lowest BCUT2D eigenvalue weighted by molar-refractivity contribution is -0.386. The van der Waals surface area contributed by atoms with E-state index in [9.17, 15) is 10.1 Å². The molecule has 0 saturated carbocycles. The molecule has 0 amide bonds. The molecule has 0 atom stereocenters. The standard InChI is InChI=1S/C12H14N4O4/c1-7(2)8-3-4-10(9(5-8)16(17)18)19-6-11-14-15-12(13)20-11/h3-5,7H,6H2,1-2H3,(H2,13,15). The van der Waals surface area contributed by atoms with Gasteiger partial charge in [0.05, 0.1) is 4.92 Å². The molecule has 0 unspecified atom stereocenters. The van der Waals surface area contributed by atoms with Crippen LogP contribution in [0, 0.1) is 10.1 Å². The summed E-state index contributed by atoms with van der Waals surface area (Å²) in [4.78, 5) is 10.6. The first-order valence-electron chi connectivity index (χ1n) is 5.96. The average molecular weight is 278 g/mol. The van der Waals surface area contributed by atoms with E-state index in [1.165, 1.54) is 6.07 Å². The van der Waals surface area contributed by atoms with Crippen molar-refractivity contribution >= 4 is 11.7 Å². The third-order valence-corrected chi connectivity index (χ3v) is 2.68. The predicted molar refractivity (Wildman–Crippen MR) is 70.2 cm³/mol. The second-order valence-electron chi connectivity index (χ2n) is 4.46. The van der Waals surface area contributed by atoms with Gasteiger partial charge in [0.25, 0.3) is 5.89 Å². The molecule has 0 spiro atoms. The molecule has 20 heavy (non-hydrogen) atoms. The molecule has 8 nitrogen and oxygen atoms in total. The van der Waals surface area contributed by atoms with Crippen LogP contribution in [0.5, 0.6) is 5.75 Å². The van der Waals surface area contributed by atoms with Crippen LogP contribution in [0.2, 0.25) is 0 Å². The zero-order chi connectivity index (χ0) is 14.7. The van der Waals surface area contributed by atoms with E-state index >= 15 is 0 Å². The number of nitro benzene ring substituents is 1. The number of nitrogens with two attached hydrogens (primary N) is 1. The summed E-state index contributed by atoms with van der Waals surface area (Å²) >= 11 is 0. The molecule has 0 saturated heterocycles. The van der Waals surface area contributed by atoms with E-state index in [1.807, 2.05) is 13.8 Å². The zero-order valence-electron chi connectivity index (χ0n) is 11.1. The van der Waals surface area contributed by atoms with Gasteiger partial charge in [-0.15, -0.1) is 5.10 Å². The maximum Gasteiger partial charge on any atom is 0.312 e. The van der Waals surface area contributed by atoms with E-state index in [0.717, 1.165) is 5.56 Å². The molecule has 106 valence electrons. The first-order valence-corrected chi connectivity index (χ1v) is 5.96. The largest absolute Gasteiger partial charge is 0.477 e. The minimum absolute atomic E-state index is 0.0757. The van der Waals surface area contributed by atoms with Crippen molar-refractivity contribution in [3.05, 3.63) is 39.8 Å². The number of hydrogen-bond donors (Lipinski definition) is 1. The lowest BCUT2D eigenvalue weighted by atomic mass is 10.0. The second-order valence-corrected chi connectivity index (χ2v) is 4.46. The van der Waals surface area contributed by atoms with Crippen LogP contribution in [0.3, 0.4) is 0 Å². The lowest BCUT2D eigenvalue weighted by Gasteiger charge is -2.08. The summed E-state index contributed by atoms with van der Waals surface area (Å²) in [5.74, 6) is 0.499. The van der Waals surface area contributed by atoms with Gasteiger partial charge in [0, 0.05) is 6.07 Å². The van der Waals surface area contributed by atoms with Crippen LogP contribution in [0.15, 0.2) is 22.6 Å².